The summed E-state index contributed by atoms with van der Waals surface area (Å²) in [6, 6.07) is 3.78. The van der Waals surface area contributed by atoms with Gasteiger partial charge in [-0.25, -0.2) is 0 Å². The zero-order chi connectivity index (χ0) is 15.7. The van der Waals surface area contributed by atoms with E-state index in [-0.39, 0.29) is 12.4 Å². The predicted molar refractivity (Wildman–Crippen MR) is 95.9 cm³/mol. The van der Waals surface area contributed by atoms with Gasteiger partial charge < -0.3 is 19.7 Å². The molecule has 0 aliphatic heterocycles. The van der Waals surface area contributed by atoms with Crippen LogP contribution in [0.1, 0.15) is 11.1 Å². The molecule has 1 aromatic rings. The van der Waals surface area contributed by atoms with Gasteiger partial charge in [0.2, 0.25) is 0 Å². The van der Waals surface area contributed by atoms with Crippen molar-refractivity contribution in [2.45, 2.75) is 13.8 Å². The molecule has 0 aliphatic rings. The lowest BCUT2D eigenvalue weighted by atomic mass is 10.1. The summed E-state index contributed by atoms with van der Waals surface area (Å²) in [7, 11) is 4.13. The van der Waals surface area contributed by atoms with Gasteiger partial charge in [-0.05, 0) is 51.2 Å². The Hall–Kier alpha value is -0.520. The van der Waals surface area contributed by atoms with Gasteiger partial charge in [-0.3, -0.25) is 0 Å². The molecule has 1 aromatic carbocycles. The van der Waals surface area contributed by atoms with E-state index in [1.165, 1.54) is 0 Å². The summed E-state index contributed by atoms with van der Waals surface area (Å²) in [5, 5.41) is 4.10. The maximum absolute atomic E-state index is 6.06. The van der Waals surface area contributed by atoms with E-state index in [1.54, 1.807) is 0 Å². The molecule has 128 valence electrons. The molecule has 22 heavy (non-hydrogen) atoms. The smallest absolute Gasteiger partial charge is 0.122 e. The van der Waals surface area contributed by atoms with E-state index in [0.29, 0.717) is 19.8 Å². The van der Waals surface area contributed by atoms with Gasteiger partial charge in [0.1, 0.15) is 12.4 Å². The van der Waals surface area contributed by atoms with Gasteiger partial charge >= 0.3 is 0 Å². The summed E-state index contributed by atoms with van der Waals surface area (Å²) in [6.07, 6.45) is 0. The first-order chi connectivity index (χ1) is 10.0. The van der Waals surface area contributed by atoms with Crippen molar-refractivity contribution in [2.24, 2.45) is 0 Å². The molecule has 0 amide bonds. The molecule has 0 unspecified atom stereocenters. The number of nitrogens with zero attached hydrogens (tertiary/aromatic N) is 1. The predicted octanol–water partition coefficient (Wildman–Crippen LogP) is 2.93. The highest BCUT2D eigenvalue weighted by Crippen LogP contribution is 2.26. The molecule has 0 radical (unpaired) electrons. The highest BCUT2D eigenvalue weighted by atomic mass is 35.5. The lowest BCUT2D eigenvalue weighted by Crippen LogP contribution is -2.29. The van der Waals surface area contributed by atoms with Crippen LogP contribution in [0.3, 0.4) is 0 Å². The standard InChI is InChI=1S/C16H27ClN2O2.ClH/c1-13-14(2)16(6-5-15(13)17)21-12-11-20-10-8-18-7-9-19(3)4;/h5-6,18H,7-12H2,1-4H3;1H. The molecule has 1 N–H and O–H groups in total. The van der Waals surface area contributed by atoms with Crippen LogP contribution in [-0.2, 0) is 4.74 Å². The molecular weight excluding hydrogens is 323 g/mol. The highest BCUT2D eigenvalue weighted by Gasteiger charge is 2.05. The summed E-state index contributed by atoms with van der Waals surface area (Å²) in [4.78, 5) is 2.15. The van der Waals surface area contributed by atoms with Crippen LogP contribution in [0.25, 0.3) is 0 Å². The molecule has 0 saturated carbocycles. The van der Waals surface area contributed by atoms with Crippen LogP contribution in [0.2, 0.25) is 5.02 Å². The van der Waals surface area contributed by atoms with Crippen molar-refractivity contribution in [1.29, 1.82) is 0 Å². The maximum Gasteiger partial charge on any atom is 0.122 e. The van der Waals surface area contributed by atoms with E-state index in [1.807, 2.05) is 26.0 Å². The van der Waals surface area contributed by atoms with Crippen molar-refractivity contribution < 1.29 is 9.47 Å². The Kier molecular flexibility index (Phi) is 11.7. The summed E-state index contributed by atoms with van der Waals surface area (Å²) in [6.45, 7) is 8.76. The Labute approximate surface area is 145 Å². The van der Waals surface area contributed by atoms with Crippen LogP contribution in [0, 0.1) is 13.8 Å². The number of benzene rings is 1. The van der Waals surface area contributed by atoms with Crippen molar-refractivity contribution in [1.82, 2.24) is 10.2 Å². The normalized spacial score (nSPS) is 10.6. The van der Waals surface area contributed by atoms with E-state index in [9.17, 15) is 0 Å². The Bertz CT molecular complexity index is 429. The quantitative estimate of drug-likeness (QED) is 0.657. The van der Waals surface area contributed by atoms with Gasteiger partial charge in [0, 0.05) is 24.7 Å². The molecule has 0 spiro atoms. The molecule has 0 atom stereocenters. The zero-order valence-corrected chi connectivity index (χ0v) is 15.5. The Morgan fingerprint density at radius 2 is 1.77 bits per heavy atom. The first kappa shape index (κ1) is 21.5. The van der Waals surface area contributed by atoms with E-state index in [4.69, 9.17) is 21.1 Å². The number of halogens is 2. The lowest BCUT2D eigenvalue weighted by molar-refractivity contribution is 0.101. The molecular formula is C16H28Cl2N2O2. The number of ether oxygens (including phenoxy) is 2. The second-order valence-corrected chi connectivity index (χ2v) is 5.72. The monoisotopic (exact) mass is 350 g/mol. The fourth-order valence-electron chi connectivity index (χ4n) is 1.80. The third kappa shape index (κ3) is 8.20. The SMILES string of the molecule is Cc1c(Cl)ccc(OCCOCCNCCN(C)C)c1C.Cl. The number of nitrogens with one attached hydrogen (secondary N) is 1. The van der Waals surface area contributed by atoms with E-state index >= 15 is 0 Å². The third-order valence-electron chi connectivity index (χ3n) is 3.32. The van der Waals surface area contributed by atoms with Crippen molar-refractivity contribution >= 4 is 24.0 Å². The summed E-state index contributed by atoms with van der Waals surface area (Å²) in [5.41, 5.74) is 2.16. The van der Waals surface area contributed by atoms with Gasteiger partial charge in [-0.2, -0.15) is 0 Å². The zero-order valence-electron chi connectivity index (χ0n) is 13.9. The first-order valence-electron chi connectivity index (χ1n) is 7.34. The van der Waals surface area contributed by atoms with Gasteiger partial charge in [0.15, 0.2) is 0 Å². The number of rotatable bonds is 10. The molecule has 0 heterocycles. The number of hydrogen-bond acceptors (Lipinski definition) is 4. The number of hydrogen-bond donors (Lipinski definition) is 1. The average molecular weight is 351 g/mol. The molecule has 0 bridgehead atoms. The van der Waals surface area contributed by atoms with Crippen LogP contribution in [0.15, 0.2) is 12.1 Å². The summed E-state index contributed by atoms with van der Waals surface area (Å²) < 4.78 is 11.3. The van der Waals surface area contributed by atoms with E-state index in [2.05, 4.69) is 24.3 Å². The maximum atomic E-state index is 6.06. The van der Waals surface area contributed by atoms with Gasteiger partial charge in [0.05, 0.1) is 13.2 Å². The summed E-state index contributed by atoms with van der Waals surface area (Å²) in [5.74, 6) is 0.879. The fourth-order valence-corrected chi connectivity index (χ4v) is 2.01. The van der Waals surface area contributed by atoms with Crippen molar-refractivity contribution in [3.8, 4) is 5.75 Å². The van der Waals surface area contributed by atoms with Crippen LogP contribution in [0.5, 0.6) is 5.75 Å². The Morgan fingerprint density at radius 1 is 1.05 bits per heavy atom. The third-order valence-corrected chi connectivity index (χ3v) is 3.73. The first-order valence-corrected chi connectivity index (χ1v) is 7.72. The molecule has 0 aromatic heterocycles. The summed E-state index contributed by atoms with van der Waals surface area (Å²) >= 11 is 6.06. The fraction of sp³-hybridized carbons (Fsp3) is 0.625. The van der Waals surface area contributed by atoms with Gasteiger partial charge in [0.25, 0.3) is 0 Å². The van der Waals surface area contributed by atoms with Crippen LogP contribution < -0.4 is 10.1 Å². The molecule has 0 fully saturated rings. The van der Waals surface area contributed by atoms with Crippen molar-refractivity contribution in [3.63, 3.8) is 0 Å². The van der Waals surface area contributed by atoms with Gasteiger partial charge in [-0.15, -0.1) is 12.4 Å². The topological polar surface area (TPSA) is 33.7 Å². The van der Waals surface area contributed by atoms with E-state index < -0.39 is 0 Å². The number of likely N-dealkylation sites (N-methyl/N-ethyl adjacent to an activating group) is 1. The average Bonchev–Trinajstić information content (AvgIpc) is 2.45. The molecule has 1 rings (SSSR count). The Balaban J connectivity index is 0.00000441. The highest BCUT2D eigenvalue weighted by molar-refractivity contribution is 6.31. The second-order valence-electron chi connectivity index (χ2n) is 5.31. The lowest BCUT2D eigenvalue weighted by Gasteiger charge is -2.13. The van der Waals surface area contributed by atoms with Crippen LogP contribution in [0.4, 0.5) is 0 Å². The Morgan fingerprint density at radius 3 is 2.45 bits per heavy atom. The minimum absolute atomic E-state index is 0. The molecule has 0 saturated heterocycles. The molecule has 4 nitrogen and oxygen atoms in total. The largest absolute Gasteiger partial charge is 0.491 e. The van der Waals surface area contributed by atoms with Crippen LogP contribution >= 0.6 is 24.0 Å². The van der Waals surface area contributed by atoms with Gasteiger partial charge in [-0.1, -0.05) is 11.6 Å². The van der Waals surface area contributed by atoms with Crippen molar-refractivity contribution in [2.75, 3.05) is 53.6 Å². The second kappa shape index (κ2) is 12.0. The minimum atomic E-state index is 0. The van der Waals surface area contributed by atoms with Crippen molar-refractivity contribution in [3.05, 3.63) is 28.3 Å². The van der Waals surface area contributed by atoms with Crippen LogP contribution in [-0.4, -0.2) is 58.5 Å². The molecule has 6 heteroatoms. The molecule has 0 aliphatic carbocycles. The van der Waals surface area contributed by atoms with E-state index in [0.717, 1.165) is 41.5 Å². The minimum Gasteiger partial charge on any atom is -0.491 e.